The molecule has 2 aromatic rings. The summed E-state index contributed by atoms with van der Waals surface area (Å²) in [5.74, 6) is 1.66. The molecule has 2 rings (SSSR count). The van der Waals surface area contributed by atoms with Gasteiger partial charge in [-0.05, 0) is 19.1 Å². The zero-order chi connectivity index (χ0) is 12.1. The molecular weight excluding hydrogens is 214 g/mol. The van der Waals surface area contributed by atoms with Gasteiger partial charge in [-0.25, -0.2) is 4.98 Å². The predicted octanol–water partition coefficient (Wildman–Crippen LogP) is 2.00. The van der Waals surface area contributed by atoms with Crippen LogP contribution in [0.4, 0.5) is 5.82 Å². The van der Waals surface area contributed by atoms with E-state index in [0.717, 1.165) is 22.5 Å². The van der Waals surface area contributed by atoms with Gasteiger partial charge in [0.05, 0.1) is 12.1 Å². The van der Waals surface area contributed by atoms with Gasteiger partial charge in [-0.3, -0.25) is 0 Å². The van der Waals surface area contributed by atoms with Gasteiger partial charge in [0.25, 0.3) is 0 Å². The number of aromatic nitrogens is 1. The highest BCUT2D eigenvalue weighted by atomic mass is 16.5. The molecule has 1 aromatic carbocycles. The highest BCUT2D eigenvalue weighted by molar-refractivity contribution is 5.86. The van der Waals surface area contributed by atoms with Crippen molar-refractivity contribution in [2.75, 3.05) is 25.0 Å². The summed E-state index contributed by atoms with van der Waals surface area (Å²) in [6.07, 6.45) is 0. The lowest BCUT2D eigenvalue weighted by molar-refractivity contribution is 0.344. The van der Waals surface area contributed by atoms with Crippen LogP contribution >= 0.6 is 0 Å². The number of nitrogens with one attached hydrogen (secondary N) is 1. The second kappa shape index (κ2) is 5.50. The SMILES string of the molecule is CCOc1cc(NCCN)nc2ccccc12. The van der Waals surface area contributed by atoms with E-state index in [9.17, 15) is 0 Å². The summed E-state index contributed by atoms with van der Waals surface area (Å²) in [6.45, 7) is 3.90. The number of fused-ring (bicyclic) bond motifs is 1. The molecule has 1 aromatic heterocycles. The van der Waals surface area contributed by atoms with Crippen molar-refractivity contribution in [3.05, 3.63) is 30.3 Å². The molecule has 0 saturated heterocycles. The topological polar surface area (TPSA) is 60.2 Å². The molecule has 1 heterocycles. The molecule has 0 amide bonds. The molecule has 17 heavy (non-hydrogen) atoms. The largest absolute Gasteiger partial charge is 0.493 e. The van der Waals surface area contributed by atoms with Crippen LogP contribution in [-0.4, -0.2) is 24.7 Å². The van der Waals surface area contributed by atoms with Crippen molar-refractivity contribution >= 4 is 16.7 Å². The molecule has 0 aliphatic rings. The summed E-state index contributed by atoms with van der Waals surface area (Å²) < 4.78 is 5.63. The molecule has 90 valence electrons. The summed E-state index contributed by atoms with van der Waals surface area (Å²) in [4.78, 5) is 4.51. The van der Waals surface area contributed by atoms with Crippen LogP contribution in [0.1, 0.15) is 6.92 Å². The van der Waals surface area contributed by atoms with Crippen molar-refractivity contribution in [1.82, 2.24) is 4.98 Å². The van der Waals surface area contributed by atoms with Gasteiger partial charge >= 0.3 is 0 Å². The summed E-state index contributed by atoms with van der Waals surface area (Å²) in [6, 6.07) is 9.87. The van der Waals surface area contributed by atoms with E-state index in [-0.39, 0.29) is 0 Å². The Morgan fingerprint density at radius 1 is 1.35 bits per heavy atom. The highest BCUT2D eigenvalue weighted by Crippen LogP contribution is 2.27. The van der Waals surface area contributed by atoms with E-state index in [4.69, 9.17) is 10.5 Å². The maximum Gasteiger partial charge on any atom is 0.132 e. The maximum atomic E-state index is 5.63. The second-order valence-corrected chi connectivity index (χ2v) is 3.67. The third-order valence-electron chi connectivity index (χ3n) is 2.43. The minimum Gasteiger partial charge on any atom is -0.493 e. The Balaban J connectivity index is 2.43. The lowest BCUT2D eigenvalue weighted by atomic mass is 10.2. The number of para-hydroxylation sites is 1. The Morgan fingerprint density at radius 3 is 2.94 bits per heavy atom. The molecule has 0 fully saturated rings. The zero-order valence-corrected chi connectivity index (χ0v) is 9.94. The van der Waals surface area contributed by atoms with E-state index in [2.05, 4.69) is 10.3 Å². The summed E-state index contributed by atoms with van der Waals surface area (Å²) in [7, 11) is 0. The molecule has 4 heteroatoms. The van der Waals surface area contributed by atoms with E-state index in [1.165, 1.54) is 0 Å². The minimum atomic E-state index is 0.582. The molecule has 0 unspecified atom stereocenters. The van der Waals surface area contributed by atoms with Crippen LogP contribution in [0.25, 0.3) is 10.9 Å². The number of nitrogens with zero attached hydrogens (tertiary/aromatic N) is 1. The van der Waals surface area contributed by atoms with Crippen LogP contribution in [0.3, 0.4) is 0 Å². The number of pyridine rings is 1. The van der Waals surface area contributed by atoms with Gasteiger partial charge in [0, 0.05) is 24.5 Å². The van der Waals surface area contributed by atoms with Gasteiger partial charge < -0.3 is 15.8 Å². The fourth-order valence-corrected chi connectivity index (χ4v) is 1.71. The van der Waals surface area contributed by atoms with Gasteiger partial charge in [-0.2, -0.15) is 0 Å². The number of ether oxygens (including phenoxy) is 1. The third-order valence-corrected chi connectivity index (χ3v) is 2.43. The predicted molar refractivity (Wildman–Crippen MR) is 70.5 cm³/mol. The first kappa shape index (κ1) is 11.7. The van der Waals surface area contributed by atoms with E-state index < -0.39 is 0 Å². The lowest BCUT2D eigenvalue weighted by Crippen LogP contribution is -2.14. The first-order valence-corrected chi connectivity index (χ1v) is 5.81. The second-order valence-electron chi connectivity index (χ2n) is 3.67. The van der Waals surface area contributed by atoms with Gasteiger partial charge in [-0.1, -0.05) is 12.1 Å². The fourth-order valence-electron chi connectivity index (χ4n) is 1.71. The number of benzene rings is 1. The van der Waals surface area contributed by atoms with Crippen LogP contribution in [-0.2, 0) is 0 Å². The van der Waals surface area contributed by atoms with Crippen LogP contribution in [0.5, 0.6) is 5.75 Å². The maximum absolute atomic E-state index is 5.63. The molecule has 0 bridgehead atoms. The minimum absolute atomic E-state index is 0.582. The van der Waals surface area contributed by atoms with Gasteiger partial charge in [0.15, 0.2) is 0 Å². The lowest BCUT2D eigenvalue weighted by Gasteiger charge is -2.10. The fraction of sp³-hybridized carbons (Fsp3) is 0.308. The van der Waals surface area contributed by atoms with Crippen molar-refractivity contribution in [3.63, 3.8) is 0 Å². The Labute approximate surface area is 101 Å². The normalized spacial score (nSPS) is 10.5. The number of nitrogens with two attached hydrogens (primary N) is 1. The average molecular weight is 231 g/mol. The van der Waals surface area contributed by atoms with Crippen molar-refractivity contribution in [3.8, 4) is 5.75 Å². The molecule has 0 aliphatic heterocycles. The van der Waals surface area contributed by atoms with Crippen LogP contribution in [0.2, 0.25) is 0 Å². The molecule has 0 aliphatic carbocycles. The monoisotopic (exact) mass is 231 g/mol. The number of rotatable bonds is 5. The van der Waals surface area contributed by atoms with Crippen LogP contribution < -0.4 is 15.8 Å². The highest BCUT2D eigenvalue weighted by Gasteiger charge is 2.05. The van der Waals surface area contributed by atoms with Crippen molar-refractivity contribution < 1.29 is 4.74 Å². The molecule has 0 radical (unpaired) electrons. The number of hydrogen-bond donors (Lipinski definition) is 2. The van der Waals surface area contributed by atoms with Crippen LogP contribution in [0.15, 0.2) is 30.3 Å². The van der Waals surface area contributed by atoms with Gasteiger partial charge in [0.2, 0.25) is 0 Å². The van der Waals surface area contributed by atoms with Gasteiger partial charge in [-0.15, -0.1) is 0 Å². The van der Waals surface area contributed by atoms with Gasteiger partial charge in [0.1, 0.15) is 11.6 Å². The average Bonchev–Trinajstić information content (AvgIpc) is 2.37. The molecular formula is C13H17N3O. The van der Waals surface area contributed by atoms with Crippen molar-refractivity contribution in [2.45, 2.75) is 6.92 Å². The Bertz CT molecular complexity index is 499. The molecule has 0 spiro atoms. The van der Waals surface area contributed by atoms with Crippen molar-refractivity contribution in [1.29, 1.82) is 0 Å². The first-order valence-electron chi connectivity index (χ1n) is 5.81. The van der Waals surface area contributed by atoms with E-state index in [0.29, 0.717) is 19.7 Å². The summed E-state index contributed by atoms with van der Waals surface area (Å²) >= 11 is 0. The van der Waals surface area contributed by atoms with E-state index in [1.807, 2.05) is 37.3 Å². The van der Waals surface area contributed by atoms with E-state index >= 15 is 0 Å². The molecule has 0 atom stereocenters. The number of hydrogen-bond acceptors (Lipinski definition) is 4. The zero-order valence-electron chi connectivity index (χ0n) is 9.94. The number of anilines is 1. The quantitative estimate of drug-likeness (QED) is 0.826. The first-order chi connectivity index (χ1) is 8.35. The standard InChI is InChI=1S/C13H17N3O/c1-2-17-12-9-13(15-8-7-14)16-11-6-4-3-5-10(11)12/h3-6,9H,2,7-8,14H2,1H3,(H,15,16). The third kappa shape index (κ3) is 2.65. The Kier molecular flexibility index (Phi) is 3.77. The van der Waals surface area contributed by atoms with E-state index in [1.54, 1.807) is 0 Å². The summed E-state index contributed by atoms with van der Waals surface area (Å²) in [5.41, 5.74) is 6.39. The van der Waals surface area contributed by atoms with Crippen LogP contribution in [0, 0.1) is 0 Å². The van der Waals surface area contributed by atoms with Crippen molar-refractivity contribution in [2.24, 2.45) is 5.73 Å². The smallest absolute Gasteiger partial charge is 0.132 e. The summed E-state index contributed by atoms with van der Waals surface area (Å²) in [5, 5.41) is 4.20. The molecule has 0 saturated carbocycles. The Morgan fingerprint density at radius 2 is 2.18 bits per heavy atom. The Hall–Kier alpha value is -1.81. The molecule has 3 N–H and O–H groups in total. The molecule has 4 nitrogen and oxygen atoms in total.